The fraction of sp³-hybridized carbons (Fsp3) is 1.00. The molecule has 0 bridgehead atoms. The quantitative estimate of drug-likeness (QED) is 0.610. The summed E-state index contributed by atoms with van der Waals surface area (Å²) in [5.74, 6) is 0.670. The second kappa shape index (κ2) is 9.04. The lowest BCUT2D eigenvalue weighted by Crippen LogP contribution is -2.53. The molecule has 0 aliphatic heterocycles. The van der Waals surface area contributed by atoms with Crippen LogP contribution in [-0.4, -0.2) is 19.3 Å². The molecule has 1 aliphatic rings. The molecule has 0 heterocycles. The summed E-state index contributed by atoms with van der Waals surface area (Å²) in [7, 11) is 1.82. The van der Waals surface area contributed by atoms with Crippen LogP contribution in [-0.2, 0) is 4.74 Å². The molecule has 0 amide bonds. The highest BCUT2D eigenvalue weighted by molar-refractivity contribution is 4.95. The summed E-state index contributed by atoms with van der Waals surface area (Å²) in [5, 5.41) is 0. The average molecular weight is 284 g/mol. The van der Waals surface area contributed by atoms with Crippen molar-refractivity contribution in [2.75, 3.05) is 7.11 Å². The molecule has 0 aromatic rings. The molecule has 3 unspecified atom stereocenters. The lowest BCUT2D eigenvalue weighted by Gasteiger charge is -2.45. The predicted octanol–water partition coefficient (Wildman–Crippen LogP) is 4.91. The Kier molecular flexibility index (Phi) is 8.13. The van der Waals surface area contributed by atoms with Gasteiger partial charge in [0.25, 0.3) is 0 Å². The third-order valence-electron chi connectivity index (χ3n) is 5.26. The number of rotatable bonds is 9. The first kappa shape index (κ1) is 18.0. The van der Waals surface area contributed by atoms with E-state index >= 15 is 0 Å². The van der Waals surface area contributed by atoms with E-state index in [1.807, 2.05) is 7.11 Å². The highest BCUT2D eigenvalue weighted by Crippen LogP contribution is 2.41. The third-order valence-corrected chi connectivity index (χ3v) is 5.26. The van der Waals surface area contributed by atoms with Gasteiger partial charge in [0.05, 0.1) is 6.10 Å². The van der Waals surface area contributed by atoms with Gasteiger partial charge in [-0.25, -0.2) is 0 Å². The van der Waals surface area contributed by atoms with E-state index in [9.17, 15) is 0 Å². The van der Waals surface area contributed by atoms with Crippen molar-refractivity contribution < 1.29 is 4.74 Å². The van der Waals surface area contributed by atoms with Crippen LogP contribution < -0.4 is 5.73 Å². The maximum Gasteiger partial charge on any atom is 0.0775 e. The summed E-state index contributed by atoms with van der Waals surface area (Å²) >= 11 is 0. The maximum absolute atomic E-state index is 6.46. The van der Waals surface area contributed by atoms with Crippen molar-refractivity contribution in [2.24, 2.45) is 17.1 Å². The van der Waals surface area contributed by atoms with Crippen LogP contribution in [0.25, 0.3) is 0 Å². The molecule has 3 atom stereocenters. The number of ether oxygens (including phenoxy) is 1. The minimum atomic E-state index is 0.226. The molecule has 2 nitrogen and oxygen atoms in total. The van der Waals surface area contributed by atoms with E-state index in [4.69, 9.17) is 10.5 Å². The van der Waals surface area contributed by atoms with Crippen molar-refractivity contribution in [2.45, 2.75) is 97.1 Å². The van der Waals surface area contributed by atoms with E-state index in [0.29, 0.717) is 5.92 Å². The predicted molar refractivity (Wildman–Crippen MR) is 87.9 cm³/mol. The lowest BCUT2D eigenvalue weighted by atomic mass is 9.67. The number of methoxy groups -OCH3 is 1. The van der Waals surface area contributed by atoms with E-state index < -0.39 is 0 Å². The van der Waals surface area contributed by atoms with E-state index in [0.717, 1.165) is 0 Å². The van der Waals surface area contributed by atoms with Crippen molar-refractivity contribution in [3.63, 3.8) is 0 Å². The van der Waals surface area contributed by atoms with E-state index in [2.05, 4.69) is 20.8 Å². The number of unbranched alkanes of at least 4 members (excludes halogenated alkanes) is 6. The van der Waals surface area contributed by atoms with Crippen molar-refractivity contribution in [1.29, 1.82) is 0 Å². The molecular weight excluding hydrogens is 246 g/mol. The monoisotopic (exact) mass is 283 g/mol. The van der Waals surface area contributed by atoms with E-state index in [-0.39, 0.29) is 17.6 Å². The molecule has 20 heavy (non-hydrogen) atoms. The summed E-state index contributed by atoms with van der Waals surface area (Å²) < 4.78 is 5.70. The molecule has 0 aromatic carbocycles. The second-order valence-corrected chi connectivity index (χ2v) is 7.43. The van der Waals surface area contributed by atoms with Crippen LogP contribution in [0.1, 0.15) is 85.0 Å². The SMILES string of the molecule is CCCCCCCCCC1CCC(C)(C)C(OC)C1N. The van der Waals surface area contributed by atoms with Crippen LogP contribution in [0.2, 0.25) is 0 Å². The van der Waals surface area contributed by atoms with Gasteiger partial charge >= 0.3 is 0 Å². The first-order valence-corrected chi connectivity index (χ1v) is 8.81. The molecule has 0 spiro atoms. The summed E-state index contributed by atoms with van der Waals surface area (Å²) in [6.45, 7) is 6.87. The van der Waals surface area contributed by atoms with Crippen molar-refractivity contribution in [3.8, 4) is 0 Å². The topological polar surface area (TPSA) is 35.2 Å². The standard InChI is InChI=1S/C18H37NO/c1-5-6-7-8-9-10-11-12-15-13-14-18(2,3)17(20-4)16(15)19/h15-17H,5-14,19H2,1-4H3. The van der Waals surface area contributed by atoms with Gasteiger partial charge in [0.15, 0.2) is 0 Å². The van der Waals surface area contributed by atoms with Gasteiger partial charge in [-0.1, -0.05) is 65.7 Å². The third kappa shape index (κ3) is 5.37. The molecule has 0 radical (unpaired) electrons. The normalized spacial score (nSPS) is 29.6. The van der Waals surface area contributed by atoms with Gasteiger partial charge in [0.2, 0.25) is 0 Å². The van der Waals surface area contributed by atoms with Crippen LogP contribution in [0.3, 0.4) is 0 Å². The van der Waals surface area contributed by atoms with Gasteiger partial charge in [0.1, 0.15) is 0 Å². The Labute approximate surface area is 126 Å². The summed E-state index contributed by atoms with van der Waals surface area (Å²) in [4.78, 5) is 0. The molecular formula is C18H37NO. The lowest BCUT2D eigenvalue weighted by molar-refractivity contribution is -0.0567. The molecule has 0 saturated heterocycles. The van der Waals surface area contributed by atoms with Gasteiger partial charge < -0.3 is 10.5 Å². The average Bonchev–Trinajstić information content (AvgIpc) is 2.40. The van der Waals surface area contributed by atoms with Crippen molar-refractivity contribution >= 4 is 0 Å². The second-order valence-electron chi connectivity index (χ2n) is 7.43. The Morgan fingerprint density at radius 1 is 1.05 bits per heavy atom. The fourth-order valence-electron chi connectivity index (χ4n) is 3.84. The zero-order valence-electron chi connectivity index (χ0n) is 14.3. The van der Waals surface area contributed by atoms with Gasteiger partial charge in [0, 0.05) is 13.2 Å². The molecule has 2 heteroatoms. The Morgan fingerprint density at radius 2 is 1.65 bits per heavy atom. The zero-order chi connectivity index (χ0) is 15.0. The maximum atomic E-state index is 6.46. The molecule has 1 rings (SSSR count). The highest BCUT2D eigenvalue weighted by Gasteiger charge is 2.42. The molecule has 2 N–H and O–H groups in total. The first-order valence-electron chi connectivity index (χ1n) is 8.81. The van der Waals surface area contributed by atoms with Crippen LogP contribution in [0.4, 0.5) is 0 Å². The Balaban J connectivity index is 2.21. The van der Waals surface area contributed by atoms with Gasteiger partial charge in [-0.05, 0) is 30.6 Å². The van der Waals surface area contributed by atoms with Crippen LogP contribution in [0.5, 0.6) is 0 Å². The van der Waals surface area contributed by atoms with Gasteiger partial charge in [-0.2, -0.15) is 0 Å². The first-order chi connectivity index (χ1) is 9.53. The van der Waals surface area contributed by atoms with Crippen molar-refractivity contribution in [3.05, 3.63) is 0 Å². The number of hydrogen-bond donors (Lipinski definition) is 1. The number of hydrogen-bond acceptors (Lipinski definition) is 2. The molecule has 0 aromatic heterocycles. The fourth-order valence-corrected chi connectivity index (χ4v) is 3.84. The Morgan fingerprint density at radius 3 is 2.25 bits per heavy atom. The molecule has 1 saturated carbocycles. The number of nitrogens with two attached hydrogens (primary N) is 1. The van der Waals surface area contributed by atoms with Crippen LogP contribution >= 0.6 is 0 Å². The van der Waals surface area contributed by atoms with Crippen LogP contribution in [0.15, 0.2) is 0 Å². The molecule has 1 fully saturated rings. The highest BCUT2D eigenvalue weighted by atomic mass is 16.5. The van der Waals surface area contributed by atoms with Crippen LogP contribution in [0, 0.1) is 11.3 Å². The smallest absolute Gasteiger partial charge is 0.0775 e. The minimum absolute atomic E-state index is 0.226. The Bertz CT molecular complexity index is 252. The van der Waals surface area contributed by atoms with Gasteiger partial charge in [-0.15, -0.1) is 0 Å². The minimum Gasteiger partial charge on any atom is -0.379 e. The van der Waals surface area contributed by atoms with E-state index in [1.165, 1.54) is 64.2 Å². The van der Waals surface area contributed by atoms with Crippen molar-refractivity contribution in [1.82, 2.24) is 0 Å². The summed E-state index contributed by atoms with van der Waals surface area (Å²) in [6.07, 6.45) is 13.8. The zero-order valence-corrected chi connectivity index (χ0v) is 14.3. The molecule has 120 valence electrons. The van der Waals surface area contributed by atoms with Gasteiger partial charge in [-0.3, -0.25) is 0 Å². The summed E-state index contributed by atoms with van der Waals surface area (Å²) in [6, 6.07) is 0.226. The van der Waals surface area contributed by atoms with E-state index in [1.54, 1.807) is 0 Å². The summed E-state index contributed by atoms with van der Waals surface area (Å²) in [5.41, 5.74) is 6.71. The largest absolute Gasteiger partial charge is 0.379 e. The Hall–Kier alpha value is -0.0800. The molecule has 1 aliphatic carbocycles.